The van der Waals surface area contributed by atoms with Crippen molar-refractivity contribution in [3.05, 3.63) is 112 Å². The second kappa shape index (κ2) is 9.76. The van der Waals surface area contributed by atoms with Crippen molar-refractivity contribution in [3.8, 4) is 17.1 Å². The van der Waals surface area contributed by atoms with Crippen LogP contribution < -0.4 is 4.74 Å². The number of nitrogens with one attached hydrogen (secondary N) is 1. The quantitative estimate of drug-likeness (QED) is 0.226. The third-order valence-electron chi connectivity index (χ3n) is 7.21. The number of aromatic nitrogens is 1. The van der Waals surface area contributed by atoms with Crippen molar-refractivity contribution in [3.63, 3.8) is 0 Å². The van der Waals surface area contributed by atoms with Gasteiger partial charge in [-0.2, -0.15) is 13.2 Å². The molecule has 3 heterocycles. The molecular formula is C30H20F6N2O3. The number of amides is 1. The maximum Gasteiger partial charge on any atom is 0.417 e. The van der Waals surface area contributed by atoms with Crippen LogP contribution in [0, 0.1) is 17.5 Å². The van der Waals surface area contributed by atoms with Crippen molar-refractivity contribution in [2.24, 2.45) is 0 Å². The average Bonchev–Trinajstić information content (AvgIpc) is 3.56. The third kappa shape index (κ3) is 4.51. The van der Waals surface area contributed by atoms with E-state index in [0.29, 0.717) is 29.1 Å². The molecule has 210 valence electrons. The number of hydrogen-bond donors (Lipinski definition) is 1. The van der Waals surface area contributed by atoms with Gasteiger partial charge in [0.2, 0.25) is 0 Å². The predicted molar refractivity (Wildman–Crippen MR) is 137 cm³/mol. The molecule has 5 aromatic rings. The van der Waals surface area contributed by atoms with E-state index in [1.54, 1.807) is 18.2 Å². The topological polar surface area (TPSA) is 58.5 Å². The first-order chi connectivity index (χ1) is 19.6. The Morgan fingerprint density at radius 3 is 2.44 bits per heavy atom. The Balaban J connectivity index is 1.52. The number of hydrogen-bond acceptors (Lipinski definition) is 3. The van der Waals surface area contributed by atoms with Crippen LogP contribution in [0.1, 0.15) is 39.0 Å². The van der Waals surface area contributed by atoms with Crippen LogP contribution in [0.4, 0.5) is 26.3 Å². The Bertz CT molecular complexity index is 1780. The maximum atomic E-state index is 14.7. The molecule has 1 amide bonds. The molecule has 11 heteroatoms. The number of furan rings is 1. The number of aromatic amines is 1. The summed E-state index contributed by atoms with van der Waals surface area (Å²) in [5.74, 6) is -4.47. The van der Waals surface area contributed by atoms with Crippen molar-refractivity contribution >= 4 is 16.8 Å². The average molecular weight is 570 g/mol. The van der Waals surface area contributed by atoms with Gasteiger partial charge in [0.25, 0.3) is 5.91 Å². The molecule has 0 saturated carbocycles. The monoisotopic (exact) mass is 570 g/mol. The van der Waals surface area contributed by atoms with Gasteiger partial charge >= 0.3 is 6.18 Å². The molecule has 5 nitrogen and oxygen atoms in total. The summed E-state index contributed by atoms with van der Waals surface area (Å²) in [6.45, 7) is -0.0217. The van der Waals surface area contributed by atoms with Gasteiger partial charge in [0.1, 0.15) is 46.3 Å². The zero-order valence-electron chi connectivity index (χ0n) is 21.3. The Morgan fingerprint density at radius 1 is 1.00 bits per heavy atom. The Hall–Kier alpha value is -4.67. The molecule has 2 aromatic heterocycles. The lowest BCUT2D eigenvalue weighted by Crippen LogP contribution is -2.41. The summed E-state index contributed by atoms with van der Waals surface area (Å²) in [6, 6.07) is 12.7. The van der Waals surface area contributed by atoms with Crippen molar-refractivity contribution in [1.29, 1.82) is 0 Å². The molecule has 1 aliphatic heterocycles. The first-order valence-corrected chi connectivity index (χ1v) is 12.5. The summed E-state index contributed by atoms with van der Waals surface area (Å²) in [5.41, 5.74) is -0.152. The van der Waals surface area contributed by atoms with E-state index in [1.165, 1.54) is 37.4 Å². The second-order valence-corrected chi connectivity index (χ2v) is 9.57. The lowest BCUT2D eigenvalue weighted by Gasteiger charge is -2.35. The summed E-state index contributed by atoms with van der Waals surface area (Å²) >= 11 is 0. The third-order valence-corrected chi connectivity index (χ3v) is 7.21. The Labute approximate surface area is 228 Å². The summed E-state index contributed by atoms with van der Waals surface area (Å²) in [6.07, 6.45) is -4.38. The van der Waals surface area contributed by atoms with Crippen LogP contribution in [0.2, 0.25) is 0 Å². The van der Waals surface area contributed by atoms with Gasteiger partial charge in [-0.15, -0.1) is 0 Å². The number of carbonyl (C=O) groups excluding carboxylic acids is 1. The molecule has 6 rings (SSSR count). The van der Waals surface area contributed by atoms with Gasteiger partial charge < -0.3 is 19.0 Å². The van der Waals surface area contributed by atoms with E-state index in [4.69, 9.17) is 9.15 Å². The van der Waals surface area contributed by atoms with E-state index in [0.717, 1.165) is 21.9 Å². The van der Waals surface area contributed by atoms with Crippen LogP contribution in [-0.4, -0.2) is 29.4 Å². The molecule has 1 unspecified atom stereocenters. The second-order valence-electron chi connectivity index (χ2n) is 9.57. The molecule has 0 bridgehead atoms. The number of alkyl halides is 3. The van der Waals surface area contributed by atoms with E-state index in [9.17, 15) is 31.1 Å². The highest BCUT2D eigenvalue weighted by Crippen LogP contribution is 2.43. The van der Waals surface area contributed by atoms with Crippen molar-refractivity contribution in [1.82, 2.24) is 9.88 Å². The molecule has 0 radical (unpaired) electrons. The normalized spacial score (nSPS) is 15.3. The van der Waals surface area contributed by atoms with Gasteiger partial charge in [-0.05, 0) is 48.4 Å². The minimum Gasteiger partial charge on any atom is -0.497 e. The molecule has 0 aliphatic carbocycles. The Morgan fingerprint density at radius 2 is 1.73 bits per heavy atom. The van der Waals surface area contributed by atoms with Crippen LogP contribution in [0.5, 0.6) is 5.75 Å². The highest BCUT2D eigenvalue weighted by Gasteiger charge is 2.39. The summed E-state index contributed by atoms with van der Waals surface area (Å²) in [7, 11) is 1.51. The minimum atomic E-state index is -4.66. The fourth-order valence-corrected chi connectivity index (χ4v) is 5.39. The van der Waals surface area contributed by atoms with Gasteiger partial charge in [-0.25, -0.2) is 13.2 Å². The molecule has 1 aliphatic rings. The van der Waals surface area contributed by atoms with E-state index in [1.807, 2.05) is 0 Å². The summed E-state index contributed by atoms with van der Waals surface area (Å²) in [4.78, 5) is 18.0. The molecule has 0 spiro atoms. The first kappa shape index (κ1) is 26.5. The van der Waals surface area contributed by atoms with Gasteiger partial charge in [0.15, 0.2) is 0 Å². The number of rotatable bonds is 4. The SMILES string of the molecule is COc1ccc2[nH]c3c(c2c1)CCN(C(=O)c1c(F)cc(F)cc1F)C3c1ccc(-c2ccccc2C(F)(F)F)o1. The van der Waals surface area contributed by atoms with Crippen LogP contribution >= 0.6 is 0 Å². The van der Waals surface area contributed by atoms with E-state index in [2.05, 4.69) is 4.98 Å². The lowest BCUT2D eigenvalue weighted by molar-refractivity contribution is -0.137. The molecule has 0 saturated heterocycles. The molecule has 0 fully saturated rings. The van der Waals surface area contributed by atoms with Gasteiger partial charge in [0, 0.05) is 35.1 Å². The Kier molecular flexibility index (Phi) is 6.32. The van der Waals surface area contributed by atoms with E-state index in [-0.39, 0.29) is 30.0 Å². The summed E-state index contributed by atoms with van der Waals surface area (Å²) in [5, 5.41) is 0.782. The standard InChI is InChI=1S/C30H20F6N2O3/c1-40-16-6-7-23-19(14-16)17-10-11-38(29(39)26-21(32)12-15(31)13-22(26)33)28(27(17)37-23)25-9-8-24(41-25)18-4-2-3-5-20(18)30(34,35)36/h2-9,12-14,28,37H,10-11H2,1H3. The van der Waals surface area contributed by atoms with Crippen LogP contribution in [0.3, 0.4) is 0 Å². The number of nitrogens with zero attached hydrogens (tertiary/aromatic N) is 1. The van der Waals surface area contributed by atoms with Crippen LogP contribution in [-0.2, 0) is 12.6 Å². The minimum absolute atomic E-state index is 0.0217. The van der Waals surface area contributed by atoms with Gasteiger partial charge in [-0.1, -0.05) is 18.2 Å². The number of benzene rings is 3. The van der Waals surface area contributed by atoms with Crippen LogP contribution in [0.25, 0.3) is 22.2 Å². The summed E-state index contributed by atoms with van der Waals surface area (Å²) < 4.78 is 95.5. The fraction of sp³-hybridized carbons (Fsp3) is 0.167. The van der Waals surface area contributed by atoms with E-state index >= 15 is 0 Å². The number of ether oxygens (including phenoxy) is 1. The highest BCUT2D eigenvalue weighted by atomic mass is 19.4. The molecule has 1 N–H and O–H groups in total. The molecule has 3 aromatic carbocycles. The van der Waals surface area contributed by atoms with Crippen molar-refractivity contribution in [2.45, 2.75) is 18.6 Å². The van der Waals surface area contributed by atoms with Crippen LogP contribution in [0.15, 0.2) is 71.1 Å². The van der Waals surface area contributed by atoms with Gasteiger partial charge in [0.05, 0.1) is 18.4 Å². The molecular weight excluding hydrogens is 550 g/mol. The highest BCUT2D eigenvalue weighted by molar-refractivity contribution is 5.96. The number of methoxy groups -OCH3 is 1. The zero-order chi connectivity index (χ0) is 29.1. The maximum absolute atomic E-state index is 14.7. The number of fused-ring (bicyclic) bond motifs is 3. The number of carbonyl (C=O) groups is 1. The lowest BCUT2D eigenvalue weighted by atomic mass is 9.94. The number of H-pyrrole nitrogens is 1. The first-order valence-electron chi connectivity index (χ1n) is 12.5. The van der Waals surface area contributed by atoms with E-state index < -0.39 is 46.7 Å². The molecule has 1 atom stereocenters. The smallest absolute Gasteiger partial charge is 0.417 e. The number of halogens is 6. The fourth-order valence-electron chi connectivity index (χ4n) is 5.39. The zero-order valence-corrected chi connectivity index (χ0v) is 21.3. The van der Waals surface area contributed by atoms with Crippen molar-refractivity contribution in [2.75, 3.05) is 13.7 Å². The van der Waals surface area contributed by atoms with Gasteiger partial charge in [-0.3, -0.25) is 4.79 Å². The predicted octanol–water partition coefficient (Wildman–Crippen LogP) is 7.66. The largest absolute Gasteiger partial charge is 0.497 e. The van der Waals surface area contributed by atoms with Crippen molar-refractivity contribution < 1.29 is 40.3 Å². The molecule has 41 heavy (non-hydrogen) atoms.